The summed E-state index contributed by atoms with van der Waals surface area (Å²) in [5, 5.41) is 0. The first-order chi connectivity index (χ1) is 9.17. The molecule has 0 spiro atoms. The van der Waals surface area contributed by atoms with Crippen LogP contribution in [0.25, 0.3) is 0 Å². The molecule has 0 radical (unpaired) electrons. The number of rotatable bonds is 5. The fraction of sp³-hybridized carbons (Fsp3) is 0.562. The normalized spacial score (nSPS) is 17.4. The van der Waals surface area contributed by atoms with Gasteiger partial charge in [-0.2, -0.15) is 0 Å². The van der Waals surface area contributed by atoms with E-state index in [4.69, 9.17) is 0 Å². The summed E-state index contributed by atoms with van der Waals surface area (Å²) in [6.07, 6.45) is 3.33. The highest BCUT2D eigenvalue weighted by Crippen LogP contribution is 2.19. The molecule has 0 aromatic heterocycles. The molecule has 0 N–H and O–H groups in total. The molecule has 3 heteroatoms. The van der Waals surface area contributed by atoms with Crippen molar-refractivity contribution in [2.24, 2.45) is 5.92 Å². The quantitative estimate of drug-likeness (QED) is 0.758. The van der Waals surface area contributed by atoms with Crippen molar-refractivity contribution in [3.8, 4) is 0 Å². The molecule has 0 unspecified atom stereocenters. The van der Waals surface area contributed by atoms with E-state index in [0.717, 1.165) is 32.6 Å². The molecule has 1 aliphatic rings. The Bertz CT molecular complexity index is 394. The molecule has 1 saturated heterocycles. The van der Waals surface area contributed by atoms with E-state index in [1.54, 1.807) is 4.90 Å². The molecule has 1 aromatic carbocycles. The van der Waals surface area contributed by atoms with E-state index in [-0.39, 0.29) is 0 Å². The second-order valence-corrected chi connectivity index (χ2v) is 5.75. The van der Waals surface area contributed by atoms with Gasteiger partial charge in [0.05, 0.1) is 0 Å². The van der Waals surface area contributed by atoms with Gasteiger partial charge in [-0.15, -0.1) is 0 Å². The first-order valence-electron chi connectivity index (χ1n) is 7.11. The third-order valence-corrected chi connectivity index (χ3v) is 3.96. The van der Waals surface area contributed by atoms with Gasteiger partial charge in [-0.3, -0.25) is 9.69 Å². The smallest absolute Gasteiger partial charge is 0.209 e. The van der Waals surface area contributed by atoms with Crippen molar-refractivity contribution in [3.63, 3.8) is 0 Å². The van der Waals surface area contributed by atoms with E-state index in [9.17, 15) is 4.79 Å². The lowest BCUT2D eigenvalue weighted by atomic mass is 9.96. The topological polar surface area (TPSA) is 23.6 Å². The molecular formula is C16H24N2O. The minimum absolute atomic E-state index is 0.671. The van der Waals surface area contributed by atoms with Crippen molar-refractivity contribution < 1.29 is 4.79 Å². The molecule has 1 aliphatic heterocycles. The lowest BCUT2D eigenvalue weighted by Crippen LogP contribution is -2.37. The van der Waals surface area contributed by atoms with Crippen molar-refractivity contribution in [1.29, 1.82) is 0 Å². The third-order valence-electron chi connectivity index (χ3n) is 3.96. The number of carbonyl (C=O) groups excluding carboxylic acids is 1. The van der Waals surface area contributed by atoms with Gasteiger partial charge in [0.1, 0.15) is 0 Å². The Hall–Kier alpha value is -1.35. The third kappa shape index (κ3) is 4.35. The van der Waals surface area contributed by atoms with Gasteiger partial charge in [-0.25, -0.2) is 0 Å². The molecule has 3 nitrogen and oxygen atoms in total. The molecule has 1 amide bonds. The molecule has 1 aromatic rings. The van der Waals surface area contributed by atoms with Gasteiger partial charge < -0.3 is 4.90 Å². The van der Waals surface area contributed by atoms with Gasteiger partial charge >= 0.3 is 0 Å². The first kappa shape index (κ1) is 14.1. The van der Waals surface area contributed by atoms with Crippen LogP contribution in [0, 0.1) is 12.8 Å². The van der Waals surface area contributed by atoms with Gasteiger partial charge in [0.15, 0.2) is 0 Å². The molecule has 1 fully saturated rings. The Morgan fingerprint density at radius 1 is 1.26 bits per heavy atom. The van der Waals surface area contributed by atoms with Crippen molar-refractivity contribution in [3.05, 3.63) is 35.4 Å². The fourth-order valence-corrected chi connectivity index (χ4v) is 2.73. The van der Waals surface area contributed by atoms with Crippen LogP contribution >= 0.6 is 0 Å². The Morgan fingerprint density at radius 2 is 1.89 bits per heavy atom. The molecule has 0 saturated carbocycles. The van der Waals surface area contributed by atoms with Crippen LogP contribution in [0.1, 0.15) is 24.0 Å². The summed E-state index contributed by atoms with van der Waals surface area (Å²) in [6.45, 7) is 6.37. The summed E-state index contributed by atoms with van der Waals surface area (Å²) in [5.74, 6) is 0.671. The summed E-state index contributed by atoms with van der Waals surface area (Å²) in [5.41, 5.74) is 2.72. The standard InChI is InChI=1S/C16H24N2O/c1-14-3-5-15(6-4-14)12-18-9-7-16(8-10-18)11-17(2)13-19/h3-6,13,16H,7-12H2,1-2H3. The molecule has 1 heterocycles. The van der Waals surface area contributed by atoms with Gasteiger partial charge in [0, 0.05) is 20.1 Å². The molecule has 19 heavy (non-hydrogen) atoms. The van der Waals surface area contributed by atoms with E-state index in [0.29, 0.717) is 5.92 Å². The first-order valence-corrected chi connectivity index (χ1v) is 7.11. The molecular weight excluding hydrogens is 236 g/mol. The Morgan fingerprint density at radius 3 is 2.47 bits per heavy atom. The maximum atomic E-state index is 10.6. The minimum Gasteiger partial charge on any atom is -0.348 e. The zero-order valence-corrected chi connectivity index (χ0v) is 12.0. The number of amides is 1. The lowest BCUT2D eigenvalue weighted by molar-refractivity contribution is -0.117. The summed E-state index contributed by atoms with van der Waals surface area (Å²) in [6, 6.07) is 8.81. The monoisotopic (exact) mass is 260 g/mol. The maximum absolute atomic E-state index is 10.6. The van der Waals surface area contributed by atoms with Crippen LogP contribution in [0.4, 0.5) is 0 Å². The molecule has 0 aliphatic carbocycles. The van der Waals surface area contributed by atoms with Gasteiger partial charge in [-0.05, 0) is 44.3 Å². The van der Waals surface area contributed by atoms with E-state index in [1.807, 2.05) is 7.05 Å². The number of hydrogen-bond donors (Lipinski definition) is 0. The zero-order valence-electron chi connectivity index (χ0n) is 12.0. The molecule has 0 atom stereocenters. The number of piperidine rings is 1. The van der Waals surface area contributed by atoms with Gasteiger partial charge in [-0.1, -0.05) is 29.8 Å². The Kier molecular flexibility index (Phi) is 4.97. The number of aryl methyl sites for hydroxylation is 1. The Labute approximate surface area is 116 Å². The predicted molar refractivity (Wildman–Crippen MR) is 77.9 cm³/mol. The highest BCUT2D eigenvalue weighted by Gasteiger charge is 2.19. The van der Waals surface area contributed by atoms with Crippen LogP contribution in [-0.4, -0.2) is 42.9 Å². The largest absolute Gasteiger partial charge is 0.348 e. The van der Waals surface area contributed by atoms with Crippen molar-refractivity contribution >= 4 is 6.41 Å². The predicted octanol–water partition coefficient (Wildman–Crippen LogP) is 2.30. The van der Waals surface area contributed by atoms with Crippen molar-refractivity contribution in [2.75, 3.05) is 26.7 Å². The molecule has 0 bridgehead atoms. The van der Waals surface area contributed by atoms with E-state index < -0.39 is 0 Å². The van der Waals surface area contributed by atoms with Gasteiger partial charge in [0.2, 0.25) is 6.41 Å². The number of likely N-dealkylation sites (tertiary alicyclic amines) is 1. The Balaban J connectivity index is 1.77. The highest BCUT2D eigenvalue weighted by molar-refractivity contribution is 5.46. The van der Waals surface area contributed by atoms with Crippen molar-refractivity contribution in [2.45, 2.75) is 26.3 Å². The van der Waals surface area contributed by atoms with Crippen molar-refractivity contribution in [1.82, 2.24) is 9.80 Å². The summed E-state index contributed by atoms with van der Waals surface area (Å²) in [4.78, 5) is 14.9. The molecule has 2 rings (SSSR count). The number of benzene rings is 1. The van der Waals surface area contributed by atoms with Crippen LogP contribution in [-0.2, 0) is 11.3 Å². The summed E-state index contributed by atoms with van der Waals surface area (Å²) in [7, 11) is 1.87. The second kappa shape index (κ2) is 6.71. The average Bonchev–Trinajstić information content (AvgIpc) is 2.43. The van der Waals surface area contributed by atoms with Crippen LogP contribution < -0.4 is 0 Å². The highest BCUT2D eigenvalue weighted by atomic mass is 16.1. The fourth-order valence-electron chi connectivity index (χ4n) is 2.73. The summed E-state index contributed by atoms with van der Waals surface area (Å²) >= 11 is 0. The number of nitrogens with zero attached hydrogens (tertiary/aromatic N) is 2. The van der Waals surface area contributed by atoms with E-state index >= 15 is 0 Å². The van der Waals surface area contributed by atoms with Crippen LogP contribution in [0.15, 0.2) is 24.3 Å². The second-order valence-electron chi connectivity index (χ2n) is 5.75. The van der Waals surface area contributed by atoms with Gasteiger partial charge in [0.25, 0.3) is 0 Å². The lowest BCUT2D eigenvalue weighted by Gasteiger charge is -2.33. The van der Waals surface area contributed by atoms with Crippen LogP contribution in [0.3, 0.4) is 0 Å². The average molecular weight is 260 g/mol. The molecule has 104 valence electrons. The number of carbonyl (C=O) groups is 1. The van der Waals surface area contributed by atoms with Crippen LogP contribution in [0.5, 0.6) is 0 Å². The minimum atomic E-state index is 0.671. The SMILES string of the molecule is Cc1ccc(CN2CCC(CN(C)C=O)CC2)cc1. The zero-order chi connectivity index (χ0) is 13.7. The van der Waals surface area contributed by atoms with E-state index in [1.165, 1.54) is 24.0 Å². The summed E-state index contributed by atoms with van der Waals surface area (Å²) < 4.78 is 0. The van der Waals surface area contributed by atoms with Crippen LogP contribution in [0.2, 0.25) is 0 Å². The maximum Gasteiger partial charge on any atom is 0.209 e. The number of hydrogen-bond acceptors (Lipinski definition) is 2. The van der Waals surface area contributed by atoms with E-state index in [2.05, 4.69) is 36.1 Å².